The van der Waals surface area contributed by atoms with Crippen molar-refractivity contribution in [2.75, 3.05) is 11.9 Å². The van der Waals surface area contributed by atoms with Crippen molar-refractivity contribution in [3.63, 3.8) is 0 Å². The number of benzene rings is 1. The maximum absolute atomic E-state index is 5.97. The Balaban J connectivity index is 1.86. The summed E-state index contributed by atoms with van der Waals surface area (Å²) in [5, 5.41) is 3.87. The van der Waals surface area contributed by atoms with Crippen LogP contribution in [-0.2, 0) is 6.61 Å². The molecule has 6 heteroatoms. The standard InChI is InChI=1S/C15H15ClN4O/c1-2-17-13-9-20-7-6-18-14(20)15(19-13)21-10-11-4-3-5-12(16)8-11/h3-9,17H,2,10H2,1H3. The predicted octanol–water partition coefficient (Wildman–Crippen LogP) is 3.39. The number of nitrogens with one attached hydrogen (secondary N) is 1. The van der Waals surface area contributed by atoms with E-state index in [0.29, 0.717) is 23.2 Å². The number of rotatable bonds is 5. The summed E-state index contributed by atoms with van der Waals surface area (Å²) >= 11 is 5.97. The molecule has 0 atom stereocenters. The van der Waals surface area contributed by atoms with Crippen LogP contribution in [0.3, 0.4) is 0 Å². The molecule has 0 fully saturated rings. The maximum atomic E-state index is 5.97. The average Bonchev–Trinajstić information content (AvgIpc) is 2.93. The Morgan fingerprint density at radius 3 is 3.10 bits per heavy atom. The van der Waals surface area contributed by atoms with Crippen molar-refractivity contribution in [2.24, 2.45) is 0 Å². The van der Waals surface area contributed by atoms with Gasteiger partial charge in [0, 0.05) is 24.0 Å². The lowest BCUT2D eigenvalue weighted by molar-refractivity contribution is 0.296. The molecule has 2 heterocycles. The van der Waals surface area contributed by atoms with Crippen LogP contribution in [0.5, 0.6) is 5.88 Å². The van der Waals surface area contributed by atoms with Gasteiger partial charge in [-0.15, -0.1) is 0 Å². The highest BCUT2D eigenvalue weighted by Crippen LogP contribution is 2.20. The Bertz CT molecular complexity index is 756. The highest BCUT2D eigenvalue weighted by molar-refractivity contribution is 6.30. The van der Waals surface area contributed by atoms with Crippen molar-refractivity contribution < 1.29 is 4.74 Å². The molecular weight excluding hydrogens is 288 g/mol. The second-order valence-electron chi connectivity index (χ2n) is 4.54. The van der Waals surface area contributed by atoms with E-state index in [2.05, 4.69) is 15.3 Å². The van der Waals surface area contributed by atoms with Gasteiger partial charge in [0.25, 0.3) is 5.88 Å². The van der Waals surface area contributed by atoms with E-state index in [1.807, 2.05) is 48.0 Å². The van der Waals surface area contributed by atoms with E-state index < -0.39 is 0 Å². The van der Waals surface area contributed by atoms with Crippen LogP contribution >= 0.6 is 11.6 Å². The zero-order valence-corrected chi connectivity index (χ0v) is 12.3. The molecule has 3 rings (SSSR count). The fourth-order valence-electron chi connectivity index (χ4n) is 2.04. The van der Waals surface area contributed by atoms with Gasteiger partial charge in [-0.2, -0.15) is 4.98 Å². The molecule has 108 valence electrons. The summed E-state index contributed by atoms with van der Waals surface area (Å²) in [5.74, 6) is 1.25. The van der Waals surface area contributed by atoms with E-state index in [1.165, 1.54) is 0 Å². The molecule has 0 aliphatic carbocycles. The van der Waals surface area contributed by atoms with E-state index in [0.717, 1.165) is 17.9 Å². The topological polar surface area (TPSA) is 51.5 Å². The molecule has 0 saturated carbocycles. The van der Waals surface area contributed by atoms with E-state index in [4.69, 9.17) is 16.3 Å². The van der Waals surface area contributed by atoms with Crippen LogP contribution in [-0.4, -0.2) is 20.9 Å². The molecule has 0 aliphatic heterocycles. The predicted molar refractivity (Wildman–Crippen MR) is 82.9 cm³/mol. The monoisotopic (exact) mass is 302 g/mol. The summed E-state index contributed by atoms with van der Waals surface area (Å²) < 4.78 is 7.70. The molecule has 0 radical (unpaired) electrons. The third kappa shape index (κ3) is 3.08. The van der Waals surface area contributed by atoms with E-state index >= 15 is 0 Å². The lowest BCUT2D eigenvalue weighted by Crippen LogP contribution is -2.05. The van der Waals surface area contributed by atoms with Crippen molar-refractivity contribution in [1.29, 1.82) is 0 Å². The van der Waals surface area contributed by atoms with Crippen LogP contribution in [0.4, 0.5) is 5.82 Å². The van der Waals surface area contributed by atoms with Crippen LogP contribution < -0.4 is 10.1 Å². The van der Waals surface area contributed by atoms with E-state index in [1.54, 1.807) is 6.20 Å². The van der Waals surface area contributed by atoms with Gasteiger partial charge < -0.3 is 10.1 Å². The smallest absolute Gasteiger partial charge is 0.260 e. The fourth-order valence-corrected chi connectivity index (χ4v) is 2.26. The molecule has 1 N–H and O–H groups in total. The van der Waals surface area contributed by atoms with Crippen LogP contribution in [0.15, 0.2) is 42.9 Å². The molecule has 0 saturated heterocycles. The molecule has 21 heavy (non-hydrogen) atoms. The van der Waals surface area contributed by atoms with E-state index in [-0.39, 0.29) is 0 Å². The number of aromatic nitrogens is 3. The number of nitrogens with zero attached hydrogens (tertiary/aromatic N) is 3. The molecule has 1 aromatic carbocycles. The summed E-state index contributed by atoms with van der Waals surface area (Å²) in [6.07, 6.45) is 5.47. The second kappa shape index (κ2) is 6.01. The molecule has 0 aliphatic rings. The first-order valence-electron chi connectivity index (χ1n) is 6.71. The highest BCUT2D eigenvalue weighted by Gasteiger charge is 2.09. The van der Waals surface area contributed by atoms with Crippen molar-refractivity contribution in [1.82, 2.24) is 14.4 Å². The maximum Gasteiger partial charge on any atom is 0.260 e. The molecular formula is C15H15ClN4O. The quantitative estimate of drug-likeness (QED) is 0.785. The van der Waals surface area contributed by atoms with Gasteiger partial charge in [-0.3, -0.25) is 4.40 Å². The fraction of sp³-hybridized carbons (Fsp3) is 0.200. The minimum absolute atomic E-state index is 0.395. The van der Waals surface area contributed by atoms with Crippen LogP contribution in [0.1, 0.15) is 12.5 Å². The van der Waals surface area contributed by atoms with Gasteiger partial charge in [0.2, 0.25) is 5.65 Å². The second-order valence-corrected chi connectivity index (χ2v) is 4.97. The number of ether oxygens (including phenoxy) is 1. The summed E-state index contributed by atoms with van der Waals surface area (Å²) in [4.78, 5) is 8.72. The van der Waals surface area contributed by atoms with Gasteiger partial charge in [-0.1, -0.05) is 23.7 Å². The number of anilines is 1. The third-order valence-electron chi connectivity index (χ3n) is 2.97. The van der Waals surface area contributed by atoms with E-state index in [9.17, 15) is 0 Å². The summed E-state index contributed by atoms with van der Waals surface area (Å²) in [7, 11) is 0. The van der Waals surface area contributed by atoms with Crippen molar-refractivity contribution in [2.45, 2.75) is 13.5 Å². The summed E-state index contributed by atoms with van der Waals surface area (Å²) in [6.45, 7) is 3.21. The molecule has 0 bridgehead atoms. The SMILES string of the molecule is CCNc1cn2ccnc2c(OCc2cccc(Cl)c2)n1. The molecule has 0 amide bonds. The Morgan fingerprint density at radius 2 is 2.29 bits per heavy atom. The Labute approximate surface area is 127 Å². The zero-order chi connectivity index (χ0) is 14.7. The van der Waals surface area contributed by atoms with Crippen molar-refractivity contribution in [3.05, 3.63) is 53.4 Å². The molecule has 5 nitrogen and oxygen atoms in total. The number of imidazole rings is 1. The molecule has 3 aromatic rings. The third-order valence-corrected chi connectivity index (χ3v) is 3.20. The number of hydrogen-bond donors (Lipinski definition) is 1. The minimum Gasteiger partial charge on any atom is -0.470 e. The normalized spacial score (nSPS) is 10.8. The molecule has 2 aromatic heterocycles. The largest absolute Gasteiger partial charge is 0.470 e. The van der Waals surface area contributed by atoms with Crippen LogP contribution in [0.25, 0.3) is 5.65 Å². The lowest BCUT2D eigenvalue weighted by Gasteiger charge is -2.10. The molecule has 0 unspecified atom stereocenters. The van der Waals surface area contributed by atoms with Gasteiger partial charge in [-0.05, 0) is 24.6 Å². The Morgan fingerprint density at radius 1 is 1.38 bits per heavy atom. The summed E-state index contributed by atoms with van der Waals surface area (Å²) in [5.41, 5.74) is 1.68. The first-order valence-corrected chi connectivity index (χ1v) is 7.09. The number of hydrogen-bond acceptors (Lipinski definition) is 4. The van der Waals surface area contributed by atoms with Crippen molar-refractivity contribution in [3.8, 4) is 5.88 Å². The zero-order valence-electron chi connectivity index (χ0n) is 11.6. The van der Waals surface area contributed by atoms with Crippen LogP contribution in [0, 0.1) is 0 Å². The molecule has 0 spiro atoms. The lowest BCUT2D eigenvalue weighted by atomic mass is 10.2. The van der Waals surface area contributed by atoms with Crippen molar-refractivity contribution >= 4 is 23.1 Å². The Hall–Kier alpha value is -2.27. The van der Waals surface area contributed by atoms with Gasteiger partial charge in [0.15, 0.2) is 0 Å². The van der Waals surface area contributed by atoms with Gasteiger partial charge in [0.05, 0.1) is 6.20 Å². The summed E-state index contributed by atoms with van der Waals surface area (Å²) in [6, 6.07) is 7.57. The minimum atomic E-state index is 0.395. The first kappa shape index (κ1) is 13.7. The number of halogens is 1. The van der Waals surface area contributed by atoms with Crippen LogP contribution in [0.2, 0.25) is 5.02 Å². The number of fused-ring (bicyclic) bond motifs is 1. The van der Waals surface area contributed by atoms with Gasteiger partial charge in [0.1, 0.15) is 12.4 Å². The Kier molecular flexibility index (Phi) is 3.92. The van der Waals surface area contributed by atoms with Gasteiger partial charge in [-0.25, -0.2) is 4.98 Å². The van der Waals surface area contributed by atoms with Gasteiger partial charge >= 0.3 is 0 Å². The first-order chi connectivity index (χ1) is 10.3. The average molecular weight is 303 g/mol. The highest BCUT2D eigenvalue weighted by atomic mass is 35.5.